The summed E-state index contributed by atoms with van der Waals surface area (Å²) in [5.41, 5.74) is 1.94. The molecule has 0 N–H and O–H groups in total. The molecule has 0 atom stereocenters. The highest BCUT2D eigenvalue weighted by Crippen LogP contribution is 2.29. The fraction of sp³-hybridized carbons (Fsp3) is 0.538. The van der Waals surface area contributed by atoms with E-state index in [4.69, 9.17) is 0 Å². The van der Waals surface area contributed by atoms with E-state index in [-0.39, 0.29) is 11.7 Å². The molecule has 0 spiro atoms. The topological polar surface area (TPSA) is 69.9 Å². The monoisotopic (exact) mass is 326 g/mol. The Morgan fingerprint density at radius 1 is 1.48 bits per heavy atom. The molecule has 0 saturated heterocycles. The molecule has 0 radical (unpaired) electrons. The number of hydrogen-bond acceptors (Lipinski definition) is 7. The van der Waals surface area contributed by atoms with Gasteiger partial charge in [-0.1, -0.05) is 36.9 Å². The molecule has 0 aliphatic rings. The first kappa shape index (κ1) is 16.0. The Bertz CT molecular complexity index is 621. The number of nitrogens with zero attached hydrogens (tertiary/aromatic N) is 4. The Morgan fingerprint density at radius 2 is 2.24 bits per heavy atom. The first-order valence-electron chi connectivity index (χ1n) is 6.57. The van der Waals surface area contributed by atoms with Crippen LogP contribution in [0.2, 0.25) is 0 Å². The molecule has 0 aliphatic carbocycles. The lowest BCUT2D eigenvalue weighted by molar-refractivity contribution is -0.137. The van der Waals surface area contributed by atoms with Crippen molar-refractivity contribution in [1.29, 1.82) is 0 Å². The molecule has 2 heterocycles. The van der Waals surface area contributed by atoms with Gasteiger partial charge in [-0.15, -0.1) is 10.2 Å². The highest BCUT2D eigenvalue weighted by atomic mass is 32.2. The fourth-order valence-electron chi connectivity index (χ4n) is 1.70. The lowest BCUT2D eigenvalue weighted by atomic mass is 10.2. The van der Waals surface area contributed by atoms with Gasteiger partial charge < -0.3 is 4.74 Å². The van der Waals surface area contributed by atoms with Gasteiger partial charge in [0.15, 0.2) is 9.35 Å². The van der Waals surface area contributed by atoms with E-state index in [1.165, 1.54) is 30.2 Å². The summed E-state index contributed by atoms with van der Waals surface area (Å²) in [5, 5.41) is 13.6. The average molecular weight is 326 g/mol. The van der Waals surface area contributed by atoms with Crippen LogP contribution in [0.25, 0.3) is 10.7 Å². The number of methoxy groups -OCH3 is 1. The smallest absolute Gasteiger partial charge is 0.316 e. The van der Waals surface area contributed by atoms with Crippen molar-refractivity contribution in [2.75, 3.05) is 12.9 Å². The second kappa shape index (κ2) is 7.04. The third-order valence-corrected chi connectivity index (χ3v) is 4.74. The predicted octanol–water partition coefficient (Wildman–Crippen LogP) is 2.63. The summed E-state index contributed by atoms with van der Waals surface area (Å²) in [4.78, 5) is 11.1. The molecular formula is C13H18N4O2S2. The van der Waals surface area contributed by atoms with E-state index in [0.29, 0.717) is 5.92 Å². The van der Waals surface area contributed by atoms with E-state index in [1.807, 2.05) is 17.7 Å². The predicted molar refractivity (Wildman–Crippen MR) is 83.4 cm³/mol. The Morgan fingerprint density at radius 3 is 2.90 bits per heavy atom. The third-order valence-electron chi connectivity index (χ3n) is 2.69. The average Bonchev–Trinajstić information content (AvgIpc) is 3.03. The lowest BCUT2D eigenvalue weighted by Crippen LogP contribution is -2.07. The van der Waals surface area contributed by atoms with Gasteiger partial charge in [-0.25, -0.2) is 0 Å². The van der Waals surface area contributed by atoms with Gasteiger partial charge in [0.2, 0.25) is 0 Å². The first-order valence-corrected chi connectivity index (χ1v) is 8.37. The van der Waals surface area contributed by atoms with E-state index >= 15 is 0 Å². The van der Waals surface area contributed by atoms with E-state index in [9.17, 15) is 4.79 Å². The number of aryl methyl sites for hydroxylation is 1. The molecule has 2 aromatic heterocycles. The second-order valence-electron chi connectivity index (χ2n) is 4.98. The maximum absolute atomic E-state index is 11.1. The Labute approximate surface area is 131 Å². The SMILES string of the molecule is COC(=O)CSc1nnc(-c2cc(C)n(CC(C)C)n2)s1. The molecule has 114 valence electrons. The summed E-state index contributed by atoms with van der Waals surface area (Å²) in [6.07, 6.45) is 0. The minimum absolute atomic E-state index is 0.242. The Balaban J connectivity index is 2.09. The number of carbonyl (C=O) groups excluding carboxylic acids is 1. The summed E-state index contributed by atoms with van der Waals surface area (Å²) >= 11 is 2.76. The molecule has 2 aromatic rings. The number of hydrogen-bond donors (Lipinski definition) is 0. The van der Waals surface area contributed by atoms with Gasteiger partial charge in [-0.05, 0) is 18.9 Å². The van der Waals surface area contributed by atoms with Gasteiger partial charge in [-0.3, -0.25) is 9.48 Å². The highest BCUT2D eigenvalue weighted by molar-refractivity contribution is 8.01. The summed E-state index contributed by atoms with van der Waals surface area (Å²) in [7, 11) is 1.37. The van der Waals surface area contributed by atoms with Crippen LogP contribution in [0.3, 0.4) is 0 Å². The third kappa shape index (κ3) is 4.28. The van der Waals surface area contributed by atoms with Gasteiger partial charge in [0.1, 0.15) is 5.69 Å². The Hall–Kier alpha value is -1.41. The van der Waals surface area contributed by atoms with E-state index in [1.54, 1.807) is 0 Å². The quantitative estimate of drug-likeness (QED) is 0.600. The zero-order chi connectivity index (χ0) is 15.4. The molecule has 6 nitrogen and oxygen atoms in total. The van der Waals surface area contributed by atoms with Crippen molar-refractivity contribution in [3.63, 3.8) is 0 Å². The molecule has 0 amide bonds. The normalized spacial score (nSPS) is 11.1. The van der Waals surface area contributed by atoms with Gasteiger partial charge >= 0.3 is 5.97 Å². The molecule has 0 unspecified atom stereocenters. The first-order chi connectivity index (χ1) is 9.99. The molecule has 0 aromatic carbocycles. The van der Waals surface area contributed by atoms with Gasteiger partial charge in [0, 0.05) is 12.2 Å². The Kier molecular flexibility index (Phi) is 5.35. The largest absolute Gasteiger partial charge is 0.468 e. The molecular weight excluding hydrogens is 308 g/mol. The summed E-state index contributed by atoms with van der Waals surface area (Å²) in [6.45, 7) is 7.24. The van der Waals surface area contributed by atoms with Crippen molar-refractivity contribution in [2.45, 2.75) is 31.7 Å². The molecule has 8 heteroatoms. The van der Waals surface area contributed by atoms with E-state index < -0.39 is 0 Å². The minimum Gasteiger partial charge on any atom is -0.468 e. The van der Waals surface area contributed by atoms with Crippen LogP contribution in [-0.4, -0.2) is 38.8 Å². The van der Waals surface area contributed by atoms with Gasteiger partial charge in [-0.2, -0.15) is 5.10 Å². The maximum atomic E-state index is 11.1. The van der Waals surface area contributed by atoms with E-state index in [2.05, 4.69) is 33.9 Å². The van der Waals surface area contributed by atoms with Crippen LogP contribution in [0.15, 0.2) is 10.4 Å². The van der Waals surface area contributed by atoms with Crippen LogP contribution in [0.1, 0.15) is 19.5 Å². The van der Waals surface area contributed by atoms with Crippen LogP contribution in [0.4, 0.5) is 0 Å². The second-order valence-corrected chi connectivity index (χ2v) is 7.18. The van der Waals surface area contributed by atoms with Crippen molar-refractivity contribution in [1.82, 2.24) is 20.0 Å². The molecule has 0 saturated carbocycles. The summed E-state index contributed by atoms with van der Waals surface area (Å²) in [6, 6.07) is 2.01. The van der Waals surface area contributed by atoms with Gasteiger partial charge in [0.25, 0.3) is 0 Å². The summed E-state index contributed by atoms with van der Waals surface area (Å²) < 4.78 is 7.33. The standard InChI is InChI=1S/C13H18N4O2S2/c1-8(2)6-17-9(3)5-10(16-17)12-14-15-13(21-12)20-7-11(18)19-4/h5,8H,6-7H2,1-4H3. The molecule has 0 aliphatic heterocycles. The van der Waals surface area contributed by atoms with Crippen LogP contribution >= 0.6 is 23.1 Å². The summed E-state index contributed by atoms with van der Waals surface area (Å²) in [5.74, 6) is 0.511. The van der Waals surface area contributed by atoms with Crippen LogP contribution in [0, 0.1) is 12.8 Å². The molecule has 21 heavy (non-hydrogen) atoms. The van der Waals surface area contributed by atoms with Crippen LogP contribution in [0.5, 0.6) is 0 Å². The number of carbonyl (C=O) groups is 1. The molecule has 0 bridgehead atoms. The van der Waals surface area contributed by atoms with Crippen molar-refractivity contribution in [2.24, 2.45) is 5.92 Å². The zero-order valence-corrected chi connectivity index (χ0v) is 14.1. The van der Waals surface area contributed by atoms with Crippen LogP contribution in [-0.2, 0) is 16.1 Å². The van der Waals surface area contributed by atoms with E-state index in [0.717, 1.165) is 27.3 Å². The number of thioether (sulfide) groups is 1. The zero-order valence-electron chi connectivity index (χ0n) is 12.5. The van der Waals surface area contributed by atoms with Crippen molar-refractivity contribution < 1.29 is 9.53 Å². The fourth-order valence-corrected chi connectivity index (χ4v) is 3.34. The van der Waals surface area contributed by atoms with Crippen molar-refractivity contribution in [3.05, 3.63) is 11.8 Å². The maximum Gasteiger partial charge on any atom is 0.316 e. The number of esters is 1. The number of rotatable bonds is 6. The lowest BCUT2D eigenvalue weighted by Gasteiger charge is -2.06. The minimum atomic E-state index is -0.270. The van der Waals surface area contributed by atoms with Crippen molar-refractivity contribution >= 4 is 29.1 Å². The molecule has 2 rings (SSSR count). The number of ether oxygens (including phenoxy) is 1. The van der Waals surface area contributed by atoms with Crippen molar-refractivity contribution in [3.8, 4) is 10.7 Å². The molecule has 0 fully saturated rings. The number of aromatic nitrogens is 4. The highest BCUT2D eigenvalue weighted by Gasteiger charge is 2.13. The van der Waals surface area contributed by atoms with Gasteiger partial charge in [0.05, 0.1) is 12.9 Å². The van der Waals surface area contributed by atoms with Crippen LogP contribution < -0.4 is 0 Å².